The molecule has 1 spiro atoms. The summed E-state index contributed by atoms with van der Waals surface area (Å²) in [6.07, 6.45) is 7.36. The summed E-state index contributed by atoms with van der Waals surface area (Å²) in [4.78, 5) is 23.1. The quantitative estimate of drug-likeness (QED) is 0.838. The fraction of sp³-hybridized carbons (Fsp3) is 0.312. The van der Waals surface area contributed by atoms with E-state index in [9.17, 15) is 4.79 Å². The summed E-state index contributed by atoms with van der Waals surface area (Å²) >= 11 is 0. The van der Waals surface area contributed by atoms with Crippen molar-refractivity contribution in [1.82, 2.24) is 9.97 Å². The van der Waals surface area contributed by atoms with Crippen LogP contribution < -0.4 is 4.90 Å². The van der Waals surface area contributed by atoms with E-state index in [2.05, 4.69) is 9.97 Å². The summed E-state index contributed by atoms with van der Waals surface area (Å²) in [6, 6.07) is 5.91. The molecule has 0 saturated heterocycles. The Hall–Kier alpha value is -2.23. The Kier molecular flexibility index (Phi) is 2.25. The predicted molar refractivity (Wildman–Crippen MR) is 76.4 cm³/mol. The van der Waals surface area contributed by atoms with E-state index in [1.807, 2.05) is 36.2 Å². The van der Waals surface area contributed by atoms with Gasteiger partial charge in [0.2, 0.25) is 5.91 Å². The Balaban J connectivity index is 1.86. The monoisotopic (exact) mass is 265 g/mol. The van der Waals surface area contributed by atoms with Gasteiger partial charge in [-0.25, -0.2) is 0 Å². The van der Waals surface area contributed by atoms with Crippen LogP contribution in [-0.4, -0.2) is 22.4 Å². The SMILES string of the molecule is CCN1C(=O)C2(CC2)c2cnc(-c3cccnc3)cc21. The van der Waals surface area contributed by atoms with Gasteiger partial charge < -0.3 is 4.90 Å². The van der Waals surface area contributed by atoms with Crippen LogP contribution in [-0.2, 0) is 10.2 Å². The van der Waals surface area contributed by atoms with E-state index in [1.54, 1.807) is 12.4 Å². The average molecular weight is 265 g/mol. The number of rotatable bonds is 2. The molecule has 0 bridgehead atoms. The number of carbonyl (C=O) groups is 1. The standard InChI is InChI=1S/C16H15N3O/c1-2-19-14-8-13(11-4-3-7-17-9-11)18-10-12(14)16(5-6-16)15(19)20/h3-4,7-10H,2,5-6H2,1H3. The fourth-order valence-corrected chi connectivity index (χ4v) is 3.11. The van der Waals surface area contributed by atoms with Crippen molar-refractivity contribution in [3.63, 3.8) is 0 Å². The van der Waals surface area contributed by atoms with Crippen molar-refractivity contribution in [2.24, 2.45) is 0 Å². The zero-order valence-corrected chi connectivity index (χ0v) is 11.3. The highest BCUT2D eigenvalue weighted by Crippen LogP contribution is 2.57. The van der Waals surface area contributed by atoms with Gasteiger partial charge in [0, 0.05) is 36.3 Å². The molecule has 0 atom stereocenters. The lowest BCUT2D eigenvalue weighted by atomic mass is 9.99. The Labute approximate surface area is 117 Å². The van der Waals surface area contributed by atoms with Gasteiger partial charge >= 0.3 is 0 Å². The van der Waals surface area contributed by atoms with Gasteiger partial charge in [0.15, 0.2) is 0 Å². The lowest BCUT2D eigenvalue weighted by molar-refractivity contribution is -0.120. The molecule has 20 heavy (non-hydrogen) atoms. The molecule has 0 N–H and O–H groups in total. The van der Waals surface area contributed by atoms with Crippen LogP contribution in [0.15, 0.2) is 36.8 Å². The van der Waals surface area contributed by atoms with Crippen molar-refractivity contribution in [1.29, 1.82) is 0 Å². The summed E-state index contributed by atoms with van der Waals surface area (Å²) in [7, 11) is 0. The number of hydrogen-bond donors (Lipinski definition) is 0. The van der Waals surface area contributed by atoms with Crippen molar-refractivity contribution >= 4 is 11.6 Å². The van der Waals surface area contributed by atoms with E-state index in [1.165, 1.54) is 0 Å². The molecular weight excluding hydrogens is 250 g/mol. The predicted octanol–water partition coefficient (Wildman–Crippen LogP) is 2.54. The summed E-state index contributed by atoms with van der Waals surface area (Å²) in [5, 5.41) is 0. The van der Waals surface area contributed by atoms with Crippen LogP contribution in [0.25, 0.3) is 11.3 Å². The van der Waals surface area contributed by atoms with Crippen LogP contribution in [0.2, 0.25) is 0 Å². The smallest absolute Gasteiger partial charge is 0.237 e. The molecule has 1 saturated carbocycles. The first-order valence-corrected chi connectivity index (χ1v) is 6.99. The summed E-state index contributed by atoms with van der Waals surface area (Å²) in [5.41, 5.74) is 3.75. The molecule has 4 heteroatoms. The third kappa shape index (κ3) is 1.39. The third-order valence-corrected chi connectivity index (χ3v) is 4.37. The number of amides is 1. The van der Waals surface area contributed by atoms with Crippen molar-refractivity contribution in [2.75, 3.05) is 11.4 Å². The largest absolute Gasteiger partial charge is 0.311 e. The average Bonchev–Trinajstić information content (AvgIpc) is 3.26. The molecule has 1 fully saturated rings. The van der Waals surface area contributed by atoms with Crippen LogP contribution >= 0.6 is 0 Å². The molecule has 2 aromatic heterocycles. The number of anilines is 1. The Morgan fingerprint density at radius 1 is 1.35 bits per heavy atom. The second kappa shape index (κ2) is 3.88. The molecule has 0 aromatic carbocycles. The molecular formula is C16H15N3O. The molecule has 1 aliphatic heterocycles. The molecule has 1 aliphatic carbocycles. The summed E-state index contributed by atoms with van der Waals surface area (Å²) < 4.78 is 0. The second-order valence-electron chi connectivity index (χ2n) is 5.46. The Morgan fingerprint density at radius 2 is 2.20 bits per heavy atom. The normalized spacial score (nSPS) is 18.4. The third-order valence-electron chi connectivity index (χ3n) is 4.37. The second-order valence-corrected chi connectivity index (χ2v) is 5.46. The molecule has 0 unspecified atom stereocenters. The minimum Gasteiger partial charge on any atom is -0.311 e. The van der Waals surface area contributed by atoms with Gasteiger partial charge in [0.1, 0.15) is 0 Å². The van der Waals surface area contributed by atoms with Gasteiger partial charge in [-0.3, -0.25) is 14.8 Å². The van der Waals surface area contributed by atoms with E-state index in [-0.39, 0.29) is 11.3 Å². The number of carbonyl (C=O) groups excluding carboxylic acids is 1. The van der Waals surface area contributed by atoms with E-state index in [4.69, 9.17) is 0 Å². The molecule has 4 rings (SSSR count). The molecule has 100 valence electrons. The van der Waals surface area contributed by atoms with Gasteiger partial charge in [-0.05, 0) is 38.0 Å². The first kappa shape index (κ1) is 11.6. The molecule has 2 aromatic rings. The van der Waals surface area contributed by atoms with E-state index >= 15 is 0 Å². The van der Waals surface area contributed by atoms with Gasteiger partial charge in [-0.2, -0.15) is 0 Å². The zero-order chi connectivity index (χ0) is 13.7. The first-order chi connectivity index (χ1) is 9.76. The fourth-order valence-electron chi connectivity index (χ4n) is 3.11. The number of pyridine rings is 2. The highest BCUT2D eigenvalue weighted by molar-refractivity contribution is 6.10. The van der Waals surface area contributed by atoms with Gasteiger partial charge in [-0.1, -0.05) is 0 Å². The van der Waals surface area contributed by atoms with Crippen LogP contribution in [0.5, 0.6) is 0 Å². The molecule has 2 aliphatic rings. The van der Waals surface area contributed by atoms with Gasteiger partial charge in [-0.15, -0.1) is 0 Å². The van der Waals surface area contributed by atoms with E-state index in [0.717, 1.165) is 35.3 Å². The first-order valence-electron chi connectivity index (χ1n) is 6.99. The van der Waals surface area contributed by atoms with Gasteiger partial charge in [0.25, 0.3) is 0 Å². The maximum atomic E-state index is 12.5. The highest BCUT2D eigenvalue weighted by Gasteiger charge is 2.59. The summed E-state index contributed by atoms with van der Waals surface area (Å²) in [6.45, 7) is 2.73. The van der Waals surface area contributed by atoms with Crippen molar-refractivity contribution < 1.29 is 4.79 Å². The van der Waals surface area contributed by atoms with Crippen LogP contribution in [0, 0.1) is 0 Å². The number of hydrogen-bond acceptors (Lipinski definition) is 3. The minimum atomic E-state index is -0.244. The van der Waals surface area contributed by atoms with Crippen LogP contribution in [0.1, 0.15) is 25.3 Å². The lowest BCUT2D eigenvalue weighted by Gasteiger charge is -2.15. The Bertz CT molecular complexity index is 692. The van der Waals surface area contributed by atoms with E-state index < -0.39 is 0 Å². The van der Waals surface area contributed by atoms with Crippen LogP contribution in [0.4, 0.5) is 5.69 Å². The maximum Gasteiger partial charge on any atom is 0.237 e. The molecule has 0 radical (unpaired) electrons. The van der Waals surface area contributed by atoms with Crippen molar-refractivity contribution in [3.8, 4) is 11.3 Å². The number of aromatic nitrogens is 2. The van der Waals surface area contributed by atoms with Crippen LogP contribution in [0.3, 0.4) is 0 Å². The summed E-state index contributed by atoms with van der Waals surface area (Å²) in [5.74, 6) is 0.250. The zero-order valence-electron chi connectivity index (χ0n) is 11.3. The maximum absolute atomic E-state index is 12.5. The topological polar surface area (TPSA) is 46.1 Å². The minimum absolute atomic E-state index is 0.244. The van der Waals surface area contributed by atoms with Crippen molar-refractivity contribution in [2.45, 2.75) is 25.2 Å². The Morgan fingerprint density at radius 3 is 2.85 bits per heavy atom. The molecule has 3 heterocycles. The molecule has 4 nitrogen and oxygen atoms in total. The van der Waals surface area contributed by atoms with Crippen molar-refractivity contribution in [3.05, 3.63) is 42.4 Å². The number of fused-ring (bicyclic) bond motifs is 2. The number of nitrogens with zero attached hydrogens (tertiary/aromatic N) is 3. The lowest BCUT2D eigenvalue weighted by Crippen LogP contribution is -2.31. The van der Waals surface area contributed by atoms with Gasteiger partial charge in [0.05, 0.1) is 16.8 Å². The van der Waals surface area contributed by atoms with E-state index in [0.29, 0.717) is 6.54 Å². The number of likely N-dealkylation sites (N-methyl/N-ethyl adjacent to an activating group) is 1. The highest BCUT2D eigenvalue weighted by atomic mass is 16.2. The molecule has 1 amide bonds.